The summed E-state index contributed by atoms with van der Waals surface area (Å²) in [5, 5.41) is 0. The van der Waals surface area contributed by atoms with Crippen LogP contribution in [0.4, 0.5) is 34.6 Å². The number of benzene rings is 2. The zero-order valence-corrected chi connectivity index (χ0v) is 17.7. The number of aromatic nitrogens is 1. The summed E-state index contributed by atoms with van der Waals surface area (Å²) in [6.07, 6.45) is 5.68. The van der Waals surface area contributed by atoms with E-state index in [1.165, 1.54) is 18.2 Å². The molecule has 0 amide bonds. The molecule has 9 heteroatoms. The molecule has 174 valence electrons. The molecule has 1 aliphatic heterocycles. The van der Waals surface area contributed by atoms with Crippen molar-refractivity contribution in [3.05, 3.63) is 72.6 Å². The Hall–Kier alpha value is -3.49. The molecule has 1 aliphatic rings. The molecule has 4 rings (SSSR count). The lowest BCUT2D eigenvalue weighted by Crippen LogP contribution is -2.19. The first-order chi connectivity index (χ1) is 16.0. The molecule has 0 unspecified atom stereocenters. The molecule has 1 saturated heterocycles. The predicted octanol–water partition coefficient (Wildman–Crippen LogP) is 6.22. The Morgan fingerprint density at radius 3 is 2.15 bits per heavy atom. The second kappa shape index (κ2) is 10.4. The van der Waals surface area contributed by atoms with Gasteiger partial charge in [0.05, 0.1) is 0 Å². The van der Waals surface area contributed by atoms with Gasteiger partial charge in [0.1, 0.15) is 0 Å². The number of hydrogen-bond acceptors (Lipinski definition) is 5. The SMILES string of the molecule is FC(F)Oc1ccc(N(Cc2cccnc2)c2ccc(N3CCCC3)cc2)cc1OC(F)F. The number of hydrogen-bond donors (Lipinski definition) is 0. The van der Waals surface area contributed by atoms with Crippen LogP contribution in [-0.4, -0.2) is 31.3 Å². The molecule has 2 aromatic carbocycles. The van der Waals surface area contributed by atoms with Crippen molar-refractivity contribution in [2.45, 2.75) is 32.6 Å². The van der Waals surface area contributed by atoms with Gasteiger partial charge in [-0.15, -0.1) is 0 Å². The summed E-state index contributed by atoms with van der Waals surface area (Å²) in [4.78, 5) is 8.31. The fourth-order valence-corrected chi connectivity index (χ4v) is 3.87. The van der Waals surface area contributed by atoms with E-state index >= 15 is 0 Å². The summed E-state index contributed by atoms with van der Waals surface area (Å²) in [7, 11) is 0. The van der Waals surface area contributed by atoms with Crippen molar-refractivity contribution in [2.24, 2.45) is 0 Å². The number of anilines is 3. The van der Waals surface area contributed by atoms with Gasteiger partial charge >= 0.3 is 13.2 Å². The second-order valence-corrected chi connectivity index (χ2v) is 7.55. The van der Waals surface area contributed by atoms with Crippen LogP contribution in [0, 0.1) is 0 Å². The first-order valence-electron chi connectivity index (χ1n) is 10.5. The van der Waals surface area contributed by atoms with Crippen LogP contribution in [0.15, 0.2) is 67.0 Å². The summed E-state index contributed by atoms with van der Waals surface area (Å²) in [5.74, 6) is -0.924. The average molecular weight is 461 g/mol. The van der Waals surface area contributed by atoms with Crippen LogP contribution in [0.2, 0.25) is 0 Å². The van der Waals surface area contributed by atoms with Crippen molar-refractivity contribution in [3.63, 3.8) is 0 Å². The average Bonchev–Trinajstić information content (AvgIpc) is 3.34. The Kier molecular flexibility index (Phi) is 7.16. The van der Waals surface area contributed by atoms with Crippen LogP contribution in [0.5, 0.6) is 11.5 Å². The predicted molar refractivity (Wildman–Crippen MR) is 118 cm³/mol. The van der Waals surface area contributed by atoms with Gasteiger partial charge in [0.15, 0.2) is 11.5 Å². The van der Waals surface area contributed by atoms with Gasteiger partial charge in [-0.1, -0.05) is 6.07 Å². The van der Waals surface area contributed by atoms with Crippen LogP contribution in [-0.2, 0) is 6.54 Å². The molecule has 0 radical (unpaired) electrons. The first kappa shape index (κ1) is 22.7. The number of nitrogens with zero attached hydrogens (tertiary/aromatic N) is 3. The van der Waals surface area contributed by atoms with Gasteiger partial charge in [0.25, 0.3) is 0 Å². The van der Waals surface area contributed by atoms with E-state index in [-0.39, 0.29) is 0 Å². The molecule has 33 heavy (non-hydrogen) atoms. The van der Waals surface area contributed by atoms with E-state index in [2.05, 4.69) is 19.4 Å². The Morgan fingerprint density at radius 1 is 0.848 bits per heavy atom. The fourth-order valence-electron chi connectivity index (χ4n) is 3.87. The van der Waals surface area contributed by atoms with Crippen molar-refractivity contribution in [1.29, 1.82) is 0 Å². The van der Waals surface area contributed by atoms with E-state index < -0.39 is 24.7 Å². The normalized spacial score (nSPS) is 13.6. The third-order valence-electron chi connectivity index (χ3n) is 5.37. The highest BCUT2D eigenvalue weighted by molar-refractivity contribution is 5.68. The van der Waals surface area contributed by atoms with E-state index in [1.54, 1.807) is 18.5 Å². The number of alkyl halides is 4. The molecule has 1 fully saturated rings. The topological polar surface area (TPSA) is 37.8 Å². The van der Waals surface area contributed by atoms with E-state index in [0.717, 1.165) is 42.9 Å². The van der Waals surface area contributed by atoms with E-state index in [1.807, 2.05) is 35.2 Å². The summed E-state index contributed by atoms with van der Waals surface area (Å²) in [5.41, 5.74) is 3.27. The Bertz CT molecular complexity index is 1030. The smallest absolute Gasteiger partial charge is 0.387 e. The third kappa shape index (κ3) is 5.85. The van der Waals surface area contributed by atoms with E-state index in [9.17, 15) is 17.6 Å². The number of rotatable bonds is 9. The second-order valence-electron chi connectivity index (χ2n) is 7.55. The maximum absolute atomic E-state index is 12.9. The van der Waals surface area contributed by atoms with Gasteiger partial charge in [0.2, 0.25) is 0 Å². The third-order valence-corrected chi connectivity index (χ3v) is 5.37. The zero-order valence-electron chi connectivity index (χ0n) is 17.7. The molecular weight excluding hydrogens is 438 g/mol. The first-order valence-corrected chi connectivity index (χ1v) is 10.5. The molecule has 0 atom stereocenters. The van der Waals surface area contributed by atoms with Crippen molar-refractivity contribution >= 4 is 17.1 Å². The maximum atomic E-state index is 12.9. The molecule has 0 aliphatic carbocycles. The molecule has 0 bridgehead atoms. The largest absolute Gasteiger partial charge is 0.431 e. The number of halogens is 4. The lowest BCUT2D eigenvalue weighted by Gasteiger charge is -2.27. The molecule has 0 saturated carbocycles. The minimum absolute atomic E-state index is 0.375. The van der Waals surface area contributed by atoms with Crippen LogP contribution >= 0.6 is 0 Å². The maximum Gasteiger partial charge on any atom is 0.387 e. The Labute approximate surface area is 189 Å². The van der Waals surface area contributed by atoms with E-state index in [4.69, 9.17) is 0 Å². The summed E-state index contributed by atoms with van der Waals surface area (Å²) >= 11 is 0. The summed E-state index contributed by atoms with van der Waals surface area (Å²) in [6, 6.07) is 15.6. The number of ether oxygens (including phenoxy) is 2. The van der Waals surface area contributed by atoms with Crippen LogP contribution in [0.1, 0.15) is 18.4 Å². The lowest BCUT2D eigenvalue weighted by molar-refractivity contribution is -0.0692. The Balaban J connectivity index is 1.69. The van der Waals surface area contributed by atoms with Gasteiger partial charge in [-0.05, 0) is 60.9 Å². The van der Waals surface area contributed by atoms with Gasteiger partial charge in [-0.3, -0.25) is 4.98 Å². The Morgan fingerprint density at radius 2 is 1.52 bits per heavy atom. The van der Waals surface area contributed by atoms with Gasteiger partial charge in [-0.2, -0.15) is 17.6 Å². The highest BCUT2D eigenvalue weighted by Crippen LogP contribution is 2.38. The van der Waals surface area contributed by atoms with Crippen LogP contribution in [0.25, 0.3) is 0 Å². The highest BCUT2D eigenvalue weighted by atomic mass is 19.3. The van der Waals surface area contributed by atoms with Gasteiger partial charge < -0.3 is 19.3 Å². The lowest BCUT2D eigenvalue weighted by atomic mass is 10.1. The molecule has 0 N–H and O–H groups in total. The van der Waals surface area contributed by atoms with Crippen molar-refractivity contribution in [3.8, 4) is 11.5 Å². The minimum Gasteiger partial charge on any atom is -0.431 e. The van der Waals surface area contributed by atoms with Crippen LogP contribution in [0.3, 0.4) is 0 Å². The van der Waals surface area contributed by atoms with Crippen molar-refractivity contribution in [1.82, 2.24) is 4.98 Å². The molecule has 3 aromatic rings. The number of pyridine rings is 1. The van der Waals surface area contributed by atoms with E-state index in [0.29, 0.717) is 12.2 Å². The fraction of sp³-hybridized carbons (Fsp3) is 0.292. The van der Waals surface area contributed by atoms with Gasteiger partial charge in [0, 0.05) is 55.2 Å². The summed E-state index contributed by atoms with van der Waals surface area (Å²) < 4.78 is 60.2. The molecule has 5 nitrogen and oxygen atoms in total. The highest BCUT2D eigenvalue weighted by Gasteiger charge is 2.19. The van der Waals surface area contributed by atoms with Crippen molar-refractivity contribution < 1.29 is 27.0 Å². The monoisotopic (exact) mass is 461 g/mol. The summed E-state index contributed by atoms with van der Waals surface area (Å²) in [6.45, 7) is -3.95. The molecule has 1 aromatic heterocycles. The minimum atomic E-state index is -3.19. The molecule has 2 heterocycles. The zero-order chi connectivity index (χ0) is 23.2. The standard InChI is InChI=1S/C24H23F4N3O2/c25-23(26)32-21-10-9-20(14-22(21)33-24(27)28)31(16-17-4-3-11-29-15-17)19-7-5-18(6-8-19)30-12-1-2-13-30/h3-11,14-15,23-24H,1-2,12-13,16H2. The van der Waals surface area contributed by atoms with Crippen molar-refractivity contribution in [2.75, 3.05) is 22.9 Å². The quantitative estimate of drug-likeness (QED) is 0.354. The molecular formula is C24H23F4N3O2. The van der Waals surface area contributed by atoms with Gasteiger partial charge in [-0.25, -0.2) is 0 Å². The van der Waals surface area contributed by atoms with Crippen LogP contribution < -0.4 is 19.3 Å². The molecule has 0 spiro atoms.